The number of fused-ring (bicyclic) bond motifs is 1. The molecule has 4 rings (SSSR count). The minimum atomic E-state index is 0.266. The molecule has 0 amide bonds. The lowest BCUT2D eigenvalue weighted by atomic mass is 9.88. The third-order valence-corrected chi connectivity index (χ3v) is 3.95. The summed E-state index contributed by atoms with van der Waals surface area (Å²) in [7, 11) is 0. The van der Waals surface area contributed by atoms with E-state index in [1.54, 1.807) is 0 Å². The molecule has 3 aromatic rings. The maximum atomic E-state index is 5.45. The Morgan fingerprint density at radius 1 is 1.29 bits per heavy atom. The molecule has 1 atom stereocenters. The second kappa shape index (κ2) is 4.80. The lowest BCUT2D eigenvalue weighted by Crippen LogP contribution is -2.12. The van der Waals surface area contributed by atoms with Crippen LogP contribution in [-0.4, -0.2) is 25.3 Å². The van der Waals surface area contributed by atoms with Crippen LogP contribution in [-0.2, 0) is 12.8 Å². The molecular formula is C15H15N5O. The molecule has 21 heavy (non-hydrogen) atoms. The highest BCUT2D eigenvalue weighted by Crippen LogP contribution is 2.31. The van der Waals surface area contributed by atoms with E-state index in [-0.39, 0.29) is 5.92 Å². The molecule has 6 heteroatoms. The van der Waals surface area contributed by atoms with E-state index < -0.39 is 0 Å². The van der Waals surface area contributed by atoms with E-state index in [1.165, 1.54) is 11.3 Å². The van der Waals surface area contributed by atoms with Gasteiger partial charge < -0.3 is 4.52 Å². The van der Waals surface area contributed by atoms with Crippen LogP contribution >= 0.6 is 0 Å². The van der Waals surface area contributed by atoms with E-state index in [0.29, 0.717) is 11.7 Å². The minimum Gasteiger partial charge on any atom is -0.339 e. The van der Waals surface area contributed by atoms with Gasteiger partial charge in [0.15, 0.2) is 0 Å². The summed E-state index contributed by atoms with van der Waals surface area (Å²) in [5.74, 6) is 1.52. The molecule has 3 aromatic heterocycles. The van der Waals surface area contributed by atoms with Gasteiger partial charge in [0, 0.05) is 17.8 Å². The van der Waals surface area contributed by atoms with Crippen LogP contribution < -0.4 is 0 Å². The molecule has 1 aliphatic carbocycles. The van der Waals surface area contributed by atoms with Crippen molar-refractivity contribution in [2.45, 2.75) is 32.1 Å². The van der Waals surface area contributed by atoms with Crippen molar-refractivity contribution in [3.63, 3.8) is 0 Å². The topological polar surface area (TPSA) is 80.5 Å². The SMILES string of the molecule is Cc1ccc(-c2noc(C3CCc4[nH]ncc4C3)n2)nc1. The Labute approximate surface area is 121 Å². The first kappa shape index (κ1) is 12.3. The number of pyridine rings is 1. The molecule has 0 saturated carbocycles. The predicted molar refractivity (Wildman–Crippen MR) is 75.6 cm³/mol. The van der Waals surface area contributed by atoms with Gasteiger partial charge in [0.05, 0.1) is 6.20 Å². The van der Waals surface area contributed by atoms with Crippen molar-refractivity contribution in [1.82, 2.24) is 25.3 Å². The zero-order valence-electron chi connectivity index (χ0n) is 11.7. The highest BCUT2D eigenvalue weighted by Gasteiger charge is 2.26. The number of nitrogens with zero attached hydrogens (tertiary/aromatic N) is 4. The highest BCUT2D eigenvalue weighted by atomic mass is 16.5. The van der Waals surface area contributed by atoms with Crippen LogP contribution in [0.5, 0.6) is 0 Å². The highest BCUT2D eigenvalue weighted by molar-refractivity contribution is 5.48. The Balaban J connectivity index is 1.59. The van der Waals surface area contributed by atoms with Gasteiger partial charge in [0.2, 0.25) is 11.7 Å². The molecule has 0 spiro atoms. The summed E-state index contributed by atoms with van der Waals surface area (Å²) in [4.78, 5) is 8.85. The van der Waals surface area contributed by atoms with Gasteiger partial charge in [0.1, 0.15) is 5.69 Å². The van der Waals surface area contributed by atoms with Crippen LogP contribution in [0.1, 0.15) is 35.1 Å². The number of rotatable bonds is 2. The molecule has 0 aromatic carbocycles. The number of nitrogens with one attached hydrogen (secondary N) is 1. The molecule has 0 bridgehead atoms. The molecule has 0 radical (unpaired) electrons. The van der Waals surface area contributed by atoms with Crippen LogP contribution in [0.2, 0.25) is 0 Å². The third kappa shape index (κ3) is 2.22. The average molecular weight is 281 g/mol. The first-order chi connectivity index (χ1) is 10.3. The van der Waals surface area contributed by atoms with Gasteiger partial charge in [-0.1, -0.05) is 11.2 Å². The fourth-order valence-electron chi connectivity index (χ4n) is 2.73. The summed E-state index contributed by atoms with van der Waals surface area (Å²) in [5.41, 5.74) is 4.34. The number of aromatic amines is 1. The quantitative estimate of drug-likeness (QED) is 0.780. The van der Waals surface area contributed by atoms with Gasteiger partial charge in [-0.3, -0.25) is 10.1 Å². The Kier molecular flexibility index (Phi) is 2.80. The molecule has 0 saturated heterocycles. The van der Waals surface area contributed by atoms with E-state index >= 15 is 0 Å². The molecule has 3 heterocycles. The summed E-state index contributed by atoms with van der Waals surface area (Å²) >= 11 is 0. The summed E-state index contributed by atoms with van der Waals surface area (Å²) in [6.45, 7) is 2.00. The van der Waals surface area contributed by atoms with Crippen molar-refractivity contribution in [3.8, 4) is 11.5 Å². The molecule has 1 aliphatic rings. The number of aromatic nitrogens is 5. The van der Waals surface area contributed by atoms with E-state index in [9.17, 15) is 0 Å². The second-order valence-electron chi connectivity index (χ2n) is 5.49. The van der Waals surface area contributed by atoms with Crippen molar-refractivity contribution in [2.24, 2.45) is 0 Å². The Hall–Kier alpha value is -2.50. The number of aryl methyl sites for hydroxylation is 2. The first-order valence-electron chi connectivity index (χ1n) is 7.07. The van der Waals surface area contributed by atoms with E-state index in [0.717, 1.165) is 30.5 Å². The van der Waals surface area contributed by atoms with E-state index in [4.69, 9.17) is 4.52 Å². The Bertz CT molecular complexity index is 758. The van der Waals surface area contributed by atoms with Gasteiger partial charge >= 0.3 is 0 Å². The van der Waals surface area contributed by atoms with Gasteiger partial charge in [-0.05, 0) is 43.4 Å². The van der Waals surface area contributed by atoms with Crippen LogP contribution in [0.15, 0.2) is 29.0 Å². The maximum Gasteiger partial charge on any atom is 0.230 e. The summed E-state index contributed by atoms with van der Waals surface area (Å²) in [5, 5.41) is 11.2. The minimum absolute atomic E-state index is 0.266. The largest absolute Gasteiger partial charge is 0.339 e. The fraction of sp³-hybridized carbons (Fsp3) is 0.333. The zero-order chi connectivity index (χ0) is 14.2. The normalized spacial score (nSPS) is 17.7. The van der Waals surface area contributed by atoms with Gasteiger partial charge in [-0.25, -0.2) is 0 Å². The Morgan fingerprint density at radius 2 is 2.24 bits per heavy atom. The fourth-order valence-corrected chi connectivity index (χ4v) is 2.73. The van der Waals surface area contributed by atoms with Crippen LogP contribution in [0, 0.1) is 6.92 Å². The molecule has 1 unspecified atom stereocenters. The molecule has 1 N–H and O–H groups in total. The third-order valence-electron chi connectivity index (χ3n) is 3.95. The van der Waals surface area contributed by atoms with Crippen molar-refractivity contribution in [3.05, 3.63) is 47.2 Å². The monoisotopic (exact) mass is 281 g/mol. The van der Waals surface area contributed by atoms with Crippen molar-refractivity contribution < 1.29 is 4.52 Å². The van der Waals surface area contributed by atoms with Crippen LogP contribution in [0.4, 0.5) is 0 Å². The Morgan fingerprint density at radius 3 is 3.10 bits per heavy atom. The number of hydrogen-bond donors (Lipinski definition) is 1. The van der Waals surface area contributed by atoms with Crippen LogP contribution in [0.3, 0.4) is 0 Å². The summed E-state index contributed by atoms with van der Waals surface area (Å²) in [6.07, 6.45) is 6.57. The molecule has 0 fully saturated rings. The second-order valence-corrected chi connectivity index (χ2v) is 5.49. The maximum absolute atomic E-state index is 5.45. The van der Waals surface area contributed by atoms with Crippen molar-refractivity contribution in [2.75, 3.05) is 0 Å². The molecule has 106 valence electrons. The van der Waals surface area contributed by atoms with E-state index in [1.807, 2.05) is 31.5 Å². The zero-order valence-corrected chi connectivity index (χ0v) is 11.7. The summed E-state index contributed by atoms with van der Waals surface area (Å²) in [6, 6.07) is 3.91. The standard InChI is InChI=1S/C15H15N5O/c1-9-2-4-13(16-7-9)14-18-15(21-20-14)10-3-5-12-11(6-10)8-17-19-12/h2,4,7-8,10H,3,5-6H2,1H3,(H,17,19). The molecule has 0 aliphatic heterocycles. The summed E-state index contributed by atoms with van der Waals surface area (Å²) < 4.78 is 5.45. The van der Waals surface area contributed by atoms with Gasteiger partial charge in [-0.15, -0.1) is 0 Å². The number of H-pyrrole nitrogens is 1. The molecule has 6 nitrogen and oxygen atoms in total. The van der Waals surface area contributed by atoms with Gasteiger partial charge in [-0.2, -0.15) is 10.1 Å². The van der Waals surface area contributed by atoms with Gasteiger partial charge in [0.25, 0.3) is 0 Å². The van der Waals surface area contributed by atoms with E-state index in [2.05, 4.69) is 25.3 Å². The predicted octanol–water partition coefficient (Wildman–Crippen LogP) is 2.44. The van der Waals surface area contributed by atoms with Crippen LogP contribution in [0.25, 0.3) is 11.5 Å². The number of hydrogen-bond acceptors (Lipinski definition) is 5. The average Bonchev–Trinajstić information content (AvgIpc) is 3.16. The first-order valence-corrected chi connectivity index (χ1v) is 7.07. The molecular weight excluding hydrogens is 266 g/mol. The lowest BCUT2D eigenvalue weighted by molar-refractivity contribution is 0.340. The van der Waals surface area contributed by atoms with Crippen molar-refractivity contribution >= 4 is 0 Å². The smallest absolute Gasteiger partial charge is 0.230 e. The van der Waals surface area contributed by atoms with Crippen molar-refractivity contribution in [1.29, 1.82) is 0 Å². The lowest BCUT2D eigenvalue weighted by Gasteiger charge is -2.17.